The zero-order valence-corrected chi connectivity index (χ0v) is 15.3. The molecule has 1 unspecified atom stereocenters. The largest absolute Gasteiger partial charge is 0.368 e. The van der Waals surface area contributed by atoms with E-state index in [2.05, 4.69) is 4.72 Å². The lowest BCUT2D eigenvalue weighted by Gasteiger charge is -2.21. The number of nitrogens with one attached hydrogen (secondary N) is 1. The van der Waals surface area contributed by atoms with Crippen molar-refractivity contribution in [2.45, 2.75) is 30.3 Å². The number of hydrogen-bond donors (Lipinski definition) is 1. The van der Waals surface area contributed by atoms with E-state index in [1.54, 1.807) is 17.0 Å². The lowest BCUT2D eigenvalue weighted by atomic mass is 10.1. The van der Waals surface area contributed by atoms with Crippen molar-refractivity contribution < 1.29 is 22.3 Å². The monoisotopic (exact) mass is 390 g/mol. The van der Waals surface area contributed by atoms with Gasteiger partial charge in [0, 0.05) is 18.8 Å². The maximum Gasteiger partial charge on any atom is 0.261 e. The number of nitrogens with zero attached hydrogens (tertiary/aromatic N) is 1. The van der Waals surface area contributed by atoms with Gasteiger partial charge in [-0.3, -0.25) is 9.52 Å². The second-order valence-electron chi connectivity index (χ2n) is 6.65. The second-order valence-corrected chi connectivity index (χ2v) is 8.33. The van der Waals surface area contributed by atoms with Gasteiger partial charge in [0.15, 0.2) is 0 Å². The van der Waals surface area contributed by atoms with Crippen LogP contribution in [0.15, 0.2) is 47.4 Å². The van der Waals surface area contributed by atoms with Gasteiger partial charge in [-0.1, -0.05) is 12.1 Å². The lowest BCUT2D eigenvalue weighted by molar-refractivity contribution is -0.127. The molecule has 2 aliphatic heterocycles. The van der Waals surface area contributed by atoms with Crippen LogP contribution >= 0.6 is 0 Å². The van der Waals surface area contributed by atoms with Gasteiger partial charge in [0.25, 0.3) is 15.9 Å². The Hall–Kier alpha value is -2.45. The van der Waals surface area contributed by atoms with E-state index in [1.807, 2.05) is 6.07 Å². The Balaban J connectivity index is 1.59. The van der Waals surface area contributed by atoms with Crippen molar-refractivity contribution in [1.29, 1.82) is 0 Å². The highest BCUT2D eigenvalue weighted by atomic mass is 32.2. The fraction of sp³-hybridized carbons (Fsp3) is 0.316. The van der Waals surface area contributed by atoms with Crippen molar-refractivity contribution in [3.8, 4) is 0 Å². The van der Waals surface area contributed by atoms with Crippen LogP contribution in [-0.4, -0.2) is 33.6 Å². The third kappa shape index (κ3) is 3.54. The van der Waals surface area contributed by atoms with Crippen molar-refractivity contribution >= 4 is 27.3 Å². The first-order chi connectivity index (χ1) is 12.9. The zero-order valence-electron chi connectivity index (χ0n) is 14.5. The molecule has 2 aromatic rings. The number of carbonyl (C=O) groups excluding carboxylic acids is 1. The summed E-state index contributed by atoms with van der Waals surface area (Å²) in [7, 11) is -3.92. The average Bonchev–Trinajstić information content (AvgIpc) is 3.30. The minimum absolute atomic E-state index is 0.0867. The number of anilines is 2. The van der Waals surface area contributed by atoms with Gasteiger partial charge in [-0.2, -0.15) is 0 Å². The lowest BCUT2D eigenvalue weighted by Crippen LogP contribution is -2.37. The normalized spacial score (nSPS) is 19.1. The highest BCUT2D eigenvalue weighted by Crippen LogP contribution is 2.33. The molecule has 8 heteroatoms. The predicted octanol–water partition coefficient (Wildman–Crippen LogP) is 2.69. The Labute approximate surface area is 157 Å². The highest BCUT2D eigenvalue weighted by Gasteiger charge is 2.33. The molecule has 0 radical (unpaired) electrons. The summed E-state index contributed by atoms with van der Waals surface area (Å²) in [5, 5.41) is 0. The van der Waals surface area contributed by atoms with Crippen LogP contribution in [0.3, 0.4) is 0 Å². The molecule has 6 nitrogen and oxygen atoms in total. The molecule has 1 N–H and O–H groups in total. The van der Waals surface area contributed by atoms with Gasteiger partial charge < -0.3 is 9.64 Å². The summed E-state index contributed by atoms with van der Waals surface area (Å²) in [6.07, 6.45) is 1.86. The predicted molar refractivity (Wildman–Crippen MR) is 98.7 cm³/mol. The summed E-state index contributed by atoms with van der Waals surface area (Å²) < 4.78 is 46.3. The molecule has 142 valence electrons. The van der Waals surface area contributed by atoms with E-state index < -0.39 is 21.9 Å². The molecular formula is C19H19FN2O4S. The van der Waals surface area contributed by atoms with E-state index in [4.69, 9.17) is 4.74 Å². The van der Waals surface area contributed by atoms with E-state index >= 15 is 0 Å². The minimum atomic E-state index is -3.92. The maximum absolute atomic E-state index is 13.4. The van der Waals surface area contributed by atoms with E-state index in [-0.39, 0.29) is 10.8 Å². The van der Waals surface area contributed by atoms with Gasteiger partial charge in [0.1, 0.15) is 11.9 Å². The molecule has 0 bridgehead atoms. The van der Waals surface area contributed by atoms with E-state index in [9.17, 15) is 17.6 Å². The molecule has 2 aromatic carbocycles. The molecule has 1 amide bonds. The summed E-state index contributed by atoms with van der Waals surface area (Å²) in [6.45, 7) is 1.14. The van der Waals surface area contributed by atoms with Gasteiger partial charge in [-0.15, -0.1) is 0 Å². The smallest absolute Gasteiger partial charge is 0.261 e. The number of fused-ring (bicyclic) bond motifs is 1. The van der Waals surface area contributed by atoms with Crippen molar-refractivity contribution in [3.63, 3.8) is 0 Å². The topological polar surface area (TPSA) is 75.7 Å². The van der Waals surface area contributed by atoms with Gasteiger partial charge in [-0.05, 0) is 55.2 Å². The Bertz CT molecular complexity index is 987. The van der Waals surface area contributed by atoms with Crippen LogP contribution in [0.5, 0.6) is 0 Å². The molecule has 2 aliphatic rings. The molecule has 0 aliphatic carbocycles. The van der Waals surface area contributed by atoms with Crippen LogP contribution < -0.4 is 9.62 Å². The van der Waals surface area contributed by atoms with Crippen LogP contribution in [0, 0.1) is 5.82 Å². The molecule has 2 heterocycles. The Morgan fingerprint density at radius 2 is 2.07 bits per heavy atom. The van der Waals surface area contributed by atoms with Crippen molar-refractivity contribution in [1.82, 2.24) is 0 Å². The number of amides is 1. The number of sulfonamides is 1. The quantitative estimate of drug-likeness (QED) is 0.871. The minimum Gasteiger partial charge on any atom is -0.368 e. The summed E-state index contributed by atoms with van der Waals surface area (Å²) >= 11 is 0. The first kappa shape index (κ1) is 17.9. The fourth-order valence-electron chi connectivity index (χ4n) is 3.47. The van der Waals surface area contributed by atoms with Crippen LogP contribution in [0.25, 0.3) is 0 Å². The molecule has 4 rings (SSSR count). The molecule has 0 saturated carbocycles. The van der Waals surface area contributed by atoms with Crippen molar-refractivity contribution in [3.05, 3.63) is 53.8 Å². The van der Waals surface area contributed by atoms with Gasteiger partial charge >= 0.3 is 0 Å². The molecule has 0 aromatic heterocycles. The number of rotatable bonds is 4. The van der Waals surface area contributed by atoms with Crippen LogP contribution in [-0.2, 0) is 26.0 Å². The van der Waals surface area contributed by atoms with E-state index in [0.717, 1.165) is 18.1 Å². The Morgan fingerprint density at radius 1 is 1.22 bits per heavy atom. The van der Waals surface area contributed by atoms with E-state index in [0.29, 0.717) is 37.4 Å². The first-order valence-electron chi connectivity index (χ1n) is 8.78. The van der Waals surface area contributed by atoms with Gasteiger partial charge in [0.05, 0.1) is 10.6 Å². The molecule has 1 saturated heterocycles. The highest BCUT2D eigenvalue weighted by molar-refractivity contribution is 7.92. The number of hydrogen-bond acceptors (Lipinski definition) is 4. The summed E-state index contributed by atoms with van der Waals surface area (Å²) in [5.41, 5.74) is 2.00. The summed E-state index contributed by atoms with van der Waals surface area (Å²) in [6, 6.07) is 9.91. The van der Waals surface area contributed by atoms with Crippen LogP contribution in [0.1, 0.15) is 18.4 Å². The molecule has 1 fully saturated rings. The SMILES string of the molecule is O=C(C1CCCO1)N1CCc2ccc(NS(=O)(=O)c3cccc(F)c3)cc21. The van der Waals surface area contributed by atoms with Gasteiger partial charge in [0.2, 0.25) is 0 Å². The summed E-state index contributed by atoms with van der Waals surface area (Å²) in [4.78, 5) is 14.2. The average molecular weight is 390 g/mol. The fourth-order valence-corrected chi connectivity index (χ4v) is 4.55. The third-order valence-corrected chi connectivity index (χ3v) is 6.19. The second kappa shape index (κ2) is 6.94. The van der Waals surface area contributed by atoms with Crippen LogP contribution in [0.2, 0.25) is 0 Å². The number of ether oxygens (including phenoxy) is 1. The van der Waals surface area contributed by atoms with Crippen molar-refractivity contribution in [2.24, 2.45) is 0 Å². The summed E-state index contributed by atoms with van der Waals surface area (Å²) in [5.74, 6) is -0.712. The standard InChI is InChI=1S/C19H19FN2O4S/c20-14-3-1-4-16(11-14)27(24,25)21-15-7-6-13-8-9-22(17(13)12-15)19(23)18-5-2-10-26-18/h1,3-4,6-7,11-12,18,21H,2,5,8-10H2. The van der Waals surface area contributed by atoms with Crippen LogP contribution in [0.4, 0.5) is 15.8 Å². The van der Waals surface area contributed by atoms with Crippen molar-refractivity contribution in [2.75, 3.05) is 22.8 Å². The zero-order chi connectivity index (χ0) is 19.0. The third-order valence-electron chi connectivity index (χ3n) is 4.81. The molecule has 1 atom stereocenters. The number of halogens is 1. The maximum atomic E-state index is 13.4. The molecule has 0 spiro atoms. The first-order valence-corrected chi connectivity index (χ1v) is 10.3. The number of benzene rings is 2. The van der Waals surface area contributed by atoms with Gasteiger partial charge in [-0.25, -0.2) is 12.8 Å². The Kier molecular flexibility index (Phi) is 4.61. The van der Waals surface area contributed by atoms with E-state index in [1.165, 1.54) is 18.2 Å². The molecular weight excluding hydrogens is 371 g/mol. The molecule has 27 heavy (non-hydrogen) atoms. The number of carbonyl (C=O) groups is 1. The Morgan fingerprint density at radius 3 is 2.81 bits per heavy atom.